The van der Waals surface area contributed by atoms with Crippen molar-refractivity contribution in [3.63, 3.8) is 0 Å². The molecule has 5 atom stereocenters. The standard InChI is InChI=1S/C36H47N5O4.H2O4S/c1-36(2,3)39-35(45)31-24-40(22-26-12-9-15-37-21-26)16-17-41(31)23-29(42)19-28(18-25-10-5-4-6-11-25)34(44)38-33-30-14-8-7-13-27(30)20-32(33)43;1-5(2,3)4/h4-15,21,28-29,31-33,42-43H,16-20,22-24H2,1-3H3,(H,38,44)(H,39,45);(H2,1,2,3,4)/t28-,29?,31?,32?,33+;/m1./s1. The van der Waals surface area contributed by atoms with Gasteiger partial charge in [-0.15, -0.1) is 0 Å². The number of carbonyl (C=O) groups is 2. The predicted octanol–water partition coefficient (Wildman–Crippen LogP) is 2.21. The average Bonchev–Trinajstić information content (AvgIpc) is 3.35. The van der Waals surface area contributed by atoms with Crippen LogP contribution in [0.5, 0.6) is 0 Å². The Bertz CT molecular complexity index is 1650. The Balaban J connectivity index is 0.00000105. The molecule has 3 unspecified atom stereocenters. The van der Waals surface area contributed by atoms with Gasteiger partial charge in [0.1, 0.15) is 6.04 Å². The number of β-amino-alcohol motifs (C(OH)–C–C–N with tert-alkyl or cyclic N) is 1. The first-order chi connectivity index (χ1) is 23.6. The molecule has 3 aromatic rings. The van der Waals surface area contributed by atoms with Crippen LogP contribution < -0.4 is 10.6 Å². The van der Waals surface area contributed by atoms with Gasteiger partial charge in [0.25, 0.3) is 0 Å². The van der Waals surface area contributed by atoms with Crippen molar-refractivity contribution in [1.82, 2.24) is 25.4 Å². The number of piperazine rings is 1. The molecule has 14 heteroatoms. The van der Waals surface area contributed by atoms with E-state index in [4.69, 9.17) is 17.5 Å². The Morgan fingerprint density at radius 1 is 0.980 bits per heavy atom. The fraction of sp³-hybridized carbons (Fsp3) is 0.472. The van der Waals surface area contributed by atoms with Gasteiger partial charge in [0.05, 0.1) is 18.2 Å². The molecule has 2 heterocycles. The summed E-state index contributed by atoms with van der Waals surface area (Å²) in [7, 11) is -4.67. The van der Waals surface area contributed by atoms with Gasteiger partial charge < -0.3 is 20.8 Å². The van der Waals surface area contributed by atoms with Crippen LogP contribution in [-0.4, -0.2) is 104 Å². The molecule has 2 aromatic carbocycles. The van der Waals surface area contributed by atoms with Crippen molar-refractivity contribution in [2.75, 3.05) is 26.2 Å². The molecule has 5 rings (SSSR count). The van der Waals surface area contributed by atoms with E-state index in [1.165, 1.54) is 0 Å². The number of nitrogens with zero attached hydrogens (tertiary/aromatic N) is 3. The molecule has 50 heavy (non-hydrogen) atoms. The molecule has 0 saturated carbocycles. The van der Waals surface area contributed by atoms with E-state index in [1.54, 1.807) is 6.20 Å². The average molecular weight is 712 g/mol. The largest absolute Gasteiger partial charge is 0.394 e. The zero-order valence-corrected chi connectivity index (χ0v) is 29.5. The molecule has 1 aliphatic carbocycles. The third kappa shape index (κ3) is 12.5. The van der Waals surface area contributed by atoms with Crippen LogP contribution in [0.2, 0.25) is 0 Å². The number of aromatic nitrogens is 1. The van der Waals surface area contributed by atoms with Crippen molar-refractivity contribution in [2.24, 2.45) is 5.92 Å². The minimum absolute atomic E-state index is 0.0712. The number of nitrogens with one attached hydrogen (secondary N) is 2. The van der Waals surface area contributed by atoms with Crippen molar-refractivity contribution in [3.05, 3.63) is 101 Å². The second kappa shape index (κ2) is 17.4. The minimum atomic E-state index is -4.67. The number of hydrogen-bond donors (Lipinski definition) is 6. The molecule has 272 valence electrons. The summed E-state index contributed by atoms with van der Waals surface area (Å²) in [5, 5.41) is 28.5. The fourth-order valence-corrected chi connectivity index (χ4v) is 6.56. The SMILES string of the molecule is CC(C)(C)NC(=O)C1CN(Cc2cccnc2)CCN1CC(O)C[C@@H](Cc1ccccc1)C(=O)N[C@H]1c2ccccc2CC1O.O=S(=O)(O)O. The quantitative estimate of drug-likeness (QED) is 0.160. The highest BCUT2D eigenvalue weighted by Crippen LogP contribution is 2.32. The van der Waals surface area contributed by atoms with Crippen LogP contribution in [-0.2, 0) is 39.4 Å². The number of aliphatic hydroxyl groups excluding tert-OH is 2. The van der Waals surface area contributed by atoms with E-state index in [0.29, 0.717) is 32.5 Å². The fourth-order valence-electron chi connectivity index (χ4n) is 6.56. The summed E-state index contributed by atoms with van der Waals surface area (Å²) in [6, 6.07) is 20.6. The highest BCUT2D eigenvalue weighted by Gasteiger charge is 2.37. The van der Waals surface area contributed by atoms with Crippen LogP contribution in [0.1, 0.15) is 55.5 Å². The lowest BCUT2D eigenvalue weighted by atomic mass is 9.91. The lowest BCUT2D eigenvalue weighted by molar-refractivity contribution is -0.132. The van der Waals surface area contributed by atoms with E-state index in [0.717, 1.165) is 28.8 Å². The molecule has 2 aliphatic rings. The van der Waals surface area contributed by atoms with Crippen LogP contribution in [0.15, 0.2) is 79.1 Å². The number of hydrogen-bond acceptors (Lipinski definition) is 9. The van der Waals surface area contributed by atoms with E-state index in [9.17, 15) is 19.8 Å². The van der Waals surface area contributed by atoms with Gasteiger partial charge in [-0.2, -0.15) is 8.42 Å². The van der Waals surface area contributed by atoms with E-state index in [-0.39, 0.29) is 24.8 Å². The minimum Gasteiger partial charge on any atom is -0.392 e. The van der Waals surface area contributed by atoms with Gasteiger partial charge >= 0.3 is 10.4 Å². The molecule has 1 aromatic heterocycles. The monoisotopic (exact) mass is 711 g/mol. The molecular weight excluding hydrogens is 662 g/mol. The summed E-state index contributed by atoms with van der Waals surface area (Å²) in [5.74, 6) is -0.781. The summed E-state index contributed by atoms with van der Waals surface area (Å²) in [6.45, 7) is 8.74. The van der Waals surface area contributed by atoms with E-state index in [1.807, 2.05) is 93.7 Å². The summed E-state index contributed by atoms with van der Waals surface area (Å²) in [4.78, 5) is 35.9. The van der Waals surface area contributed by atoms with E-state index >= 15 is 0 Å². The Hall–Kier alpha value is -3.76. The van der Waals surface area contributed by atoms with Crippen molar-refractivity contribution >= 4 is 22.2 Å². The molecule has 1 aliphatic heterocycles. The molecule has 2 amide bonds. The van der Waals surface area contributed by atoms with Gasteiger partial charge in [-0.3, -0.25) is 33.5 Å². The zero-order valence-electron chi connectivity index (χ0n) is 28.7. The summed E-state index contributed by atoms with van der Waals surface area (Å²) < 4.78 is 31.6. The lowest BCUT2D eigenvalue weighted by Gasteiger charge is -2.42. The third-order valence-corrected chi connectivity index (χ3v) is 8.70. The van der Waals surface area contributed by atoms with Gasteiger partial charge in [-0.25, -0.2) is 0 Å². The maximum atomic E-state index is 13.8. The number of benzene rings is 2. The van der Waals surface area contributed by atoms with Crippen molar-refractivity contribution in [2.45, 2.75) is 76.4 Å². The molecule has 0 bridgehead atoms. The van der Waals surface area contributed by atoms with Crippen molar-refractivity contribution in [3.8, 4) is 0 Å². The molecule has 0 spiro atoms. The van der Waals surface area contributed by atoms with Crippen molar-refractivity contribution < 1.29 is 37.3 Å². The van der Waals surface area contributed by atoms with Crippen LogP contribution >= 0.6 is 0 Å². The van der Waals surface area contributed by atoms with E-state index in [2.05, 4.69) is 25.4 Å². The number of fused-ring (bicyclic) bond motifs is 1. The van der Waals surface area contributed by atoms with Crippen molar-refractivity contribution in [1.29, 1.82) is 0 Å². The molecule has 0 radical (unpaired) electrons. The Labute approximate surface area is 294 Å². The van der Waals surface area contributed by atoms with Gasteiger partial charge in [0, 0.05) is 63.0 Å². The van der Waals surface area contributed by atoms with Gasteiger partial charge in [0.15, 0.2) is 0 Å². The second-order valence-electron chi connectivity index (χ2n) is 14.0. The molecule has 1 saturated heterocycles. The number of carbonyl (C=O) groups excluding carboxylic acids is 2. The predicted molar refractivity (Wildman–Crippen MR) is 188 cm³/mol. The number of aliphatic hydroxyl groups is 2. The van der Waals surface area contributed by atoms with Gasteiger partial charge in [-0.05, 0) is 61.9 Å². The van der Waals surface area contributed by atoms with E-state index < -0.39 is 46.1 Å². The maximum Gasteiger partial charge on any atom is 0.394 e. The zero-order chi connectivity index (χ0) is 36.5. The topological polar surface area (TPSA) is 193 Å². The normalized spacial score (nSPS) is 20.9. The van der Waals surface area contributed by atoms with Crippen LogP contribution in [0.25, 0.3) is 0 Å². The lowest BCUT2D eigenvalue weighted by Crippen LogP contribution is -2.61. The Kier molecular flexibility index (Phi) is 13.6. The number of amides is 2. The summed E-state index contributed by atoms with van der Waals surface area (Å²) in [5.41, 5.74) is 3.68. The number of pyridine rings is 1. The first-order valence-corrected chi connectivity index (χ1v) is 18.1. The highest BCUT2D eigenvalue weighted by molar-refractivity contribution is 7.79. The molecule has 6 N–H and O–H groups in total. The van der Waals surface area contributed by atoms with Crippen LogP contribution in [0.4, 0.5) is 0 Å². The Morgan fingerprint density at radius 3 is 2.30 bits per heavy atom. The van der Waals surface area contributed by atoms with Crippen LogP contribution in [0.3, 0.4) is 0 Å². The smallest absolute Gasteiger partial charge is 0.392 e. The molecule has 13 nitrogen and oxygen atoms in total. The molecule has 1 fully saturated rings. The highest BCUT2D eigenvalue weighted by atomic mass is 32.3. The summed E-state index contributed by atoms with van der Waals surface area (Å²) in [6.07, 6.45) is 3.26. The van der Waals surface area contributed by atoms with Gasteiger partial charge in [0.2, 0.25) is 11.8 Å². The first-order valence-electron chi connectivity index (χ1n) is 16.7. The maximum absolute atomic E-state index is 13.8. The second-order valence-corrected chi connectivity index (χ2v) is 14.9. The first kappa shape index (κ1) is 39.0. The Morgan fingerprint density at radius 2 is 1.64 bits per heavy atom. The molecular formula is C36H49N5O8S. The summed E-state index contributed by atoms with van der Waals surface area (Å²) >= 11 is 0. The number of rotatable bonds is 11. The third-order valence-electron chi connectivity index (χ3n) is 8.70. The van der Waals surface area contributed by atoms with Gasteiger partial charge in [-0.1, -0.05) is 60.7 Å². The van der Waals surface area contributed by atoms with Crippen LogP contribution in [0, 0.1) is 5.92 Å².